The lowest BCUT2D eigenvalue weighted by atomic mass is 10.2. The number of aryl methyl sites for hydroxylation is 1. The van der Waals surface area contributed by atoms with Gasteiger partial charge in [-0.25, -0.2) is 4.39 Å². The first-order valence-corrected chi connectivity index (χ1v) is 9.11. The molecule has 1 aliphatic heterocycles. The maximum absolute atomic E-state index is 13.1. The maximum atomic E-state index is 13.1. The van der Waals surface area contributed by atoms with E-state index in [1.807, 2.05) is 0 Å². The Hall–Kier alpha value is -1.97. The highest BCUT2D eigenvalue weighted by Gasteiger charge is 2.43. The van der Waals surface area contributed by atoms with Crippen LogP contribution in [-0.2, 0) is 20.8 Å². The van der Waals surface area contributed by atoms with Crippen molar-refractivity contribution >= 4 is 10.4 Å². The van der Waals surface area contributed by atoms with Gasteiger partial charge in [0, 0.05) is 6.07 Å². The number of rotatable bonds is 4. The van der Waals surface area contributed by atoms with Crippen LogP contribution >= 0.6 is 0 Å². The van der Waals surface area contributed by atoms with E-state index >= 15 is 0 Å². The standard InChI is InChI=1S/C17H15F4NO3S/c1-11-7-13(18)5-6-16(11)25-14-9-22(10-14)26(23,24)15-4-2-3-12(8-15)17(19,20)21/h2-8,14H,9-10H2,1H3. The molecule has 26 heavy (non-hydrogen) atoms. The number of alkyl halides is 3. The summed E-state index contributed by atoms with van der Waals surface area (Å²) in [6.07, 6.45) is -5.06. The van der Waals surface area contributed by atoms with E-state index in [2.05, 4.69) is 0 Å². The van der Waals surface area contributed by atoms with Gasteiger partial charge in [-0.2, -0.15) is 13.2 Å². The summed E-state index contributed by atoms with van der Waals surface area (Å²) in [6.45, 7) is 1.68. The summed E-state index contributed by atoms with van der Waals surface area (Å²) in [5, 5.41) is 0. The molecule has 4 nitrogen and oxygen atoms in total. The second-order valence-electron chi connectivity index (χ2n) is 6.00. The lowest BCUT2D eigenvalue weighted by Gasteiger charge is -2.39. The second kappa shape index (κ2) is 6.64. The smallest absolute Gasteiger partial charge is 0.416 e. The fraction of sp³-hybridized carbons (Fsp3) is 0.294. The van der Waals surface area contributed by atoms with Crippen LogP contribution in [0, 0.1) is 12.7 Å². The van der Waals surface area contributed by atoms with Gasteiger partial charge in [-0.3, -0.25) is 0 Å². The zero-order valence-corrected chi connectivity index (χ0v) is 14.4. The topological polar surface area (TPSA) is 52.6 Å². The molecule has 1 atom stereocenters. The lowest BCUT2D eigenvalue weighted by molar-refractivity contribution is -0.137. The third kappa shape index (κ3) is 3.74. The third-order valence-corrected chi connectivity index (χ3v) is 5.87. The van der Waals surface area contributed by atoms with E-state index < -0.39 is 39.0 Å². The van der Waals surface area contributed by atoms with Gasteiger partial charge in [0.1, 0.15) is 17.7 Å². The number of benzene rings is 2. The zero-order valence-electron chi connectivity index (χ0n) is 13.6. The van der Waals surface area contributed by atoms with E-state index in [4.69, 9.17) is 4.74 Å². The molecule has 1 aliphatic rings. The number of ether oxygens (including phenoxy) is 1. The fourth-order valence-electron chi connectivity index (χ4n) is 2.58. The molecular formula is C17H15F4NO3S. The second-order valence-corrected chi connectivity index (χ2v) is 7.94. The summed E-state index contributed by atoms with van der Waals surface area (Å²) in [6, 6.07) is 7.61. The van der Waals surface area contributed by atoms with E-state index in [1.165, 1.54) is 18.2 Å². The molecule has 9 heteroatoms. The summed E-state index contributed by atoms with van der Waals surface area (Å²) in [5.41, 5.74) is -0.446. The van der Waals surface area contributed by atoms with Crippen molar-refractivity contribution in [3.05, 3.63) is 59.4 Å². The van der Waals surface area contributed by atoms with Gasteiger partial charge in [-0.15, -0.1) is 4.31 Å². The van der Waals surface area contributed by atoms with Crippen LogP contribution in [0.25, 0.3) is 0 Å². The summed E-state index contributed by atoms with van der Waals surface area (Å²) in [5.74, 6) is 0.0322. The van der Waals surface area contributed by atoms with Gasteiger partial charge < -0.3 is 9.29 Å². The van der Waals surface area contributed by atoms with E-state index in [1.54, 1.807) is 6.92 Å². The number of nitrogens with zero attached hydrogens (tertiary/aromatic N) is 1. The van der Waals surface area contributed by atoms with Gasteiger partial charge in [0.25, 0.3) is 0 Å². The molecule has 0 saturated carbocycles. The molecule has 0 N–H and O–H groups in total. The van der Waals surface area contributed by atoms with Crippen LogP contribution in [0.4, 0.5) is 17.6 Å². The Morgan fingerprint density at radius 3 is 2.50 bits per heavy atom. The van der Waals surface area contributed by atoms with Crippen molar-refractivity contribution in [1.29, 1.82) is 0 Å². The first kappa shape index (κ1) is 18.8. The lowest BCUT2D eigenvalue weighted by Crippen LogP contribution is -2.58. The molecule has 140 valence electrons. The summed E-state index contributed by atoms with van der Waals surface area (Å²) >= 11 is 0. The Labute approximate surface area is 148 Å². The highest BCUT2D eigenvalue weighted by molar-refractivity contribution is 7.95. The minimum atomic E-state index is -4.62. The van der Waals surface area contributed by atoms with E-state index in [0.717, 1.165) is 22.5 Å². The summed E-state index contributed by atoms with van der Waals surface area (Å²) in [4.78, 5) is -0.413. The van der Waals surface area contributed by atoms with Crippen LogP contribution in [0.3, 0.4) is 0 Å². The highest BCUT2D eigenvalue weighted by Crippen LogP contribution is 2.34. The Morgan fingerprint density at radius 1 is 1.19 bits per heavy atom. The van der Waals surface area contributed by atoms with E-state index in [0.29, 0.717) is 17.4 Å². The van der Waals surface area contributed by atoms with Crippen molar-refractivity contribution in [2.75, 3.05) is 13.1 Å². The summed E-state index contributed by atoms with van der Waals surface area (Å²) < 4.78 is 83.0. The van der Waals surface area contributed by atoms with E-state index in [9.17, 15) is 26.3 Å². The average molecular weight is 389 g/mol. The molecule has 1 heterocycles. The largest absolute Gasteiger partial charge is 0.593 e. The van der Waals surface area contributed by atoms with Crippen LogP contribution < -0.4 is 4.74 Å². The molecule has 0 spiro atoms. The molecule has 0 bridgehead atoms. The van der Waals surface area contributed by atoms with E-state index in [-0.39, 0.29) is 13.1 Å². The number of halogens is 4. The van der Waals surface area contributed by atoms with Crippen LogP contribution in [0.1, 0.15) is 11.1 Å². The van der Waals surface area contributed by atoms with Crippen LogP contribution in [0.15, 0.2) is 47.4 Å². The predicted octanol–water partition coefficient (Wildman–Crippen LogP) is 3.82. The molecule has 2 aromatic carbocycles. The molecule has 1 fully saturated rings. The van der Waals surface area contributed by atoms with Crippen molar-refractivity contribution < 1.29 is 31.1 Å². The Morgan fingerprint density at radius 2 is 1.88 bits per heavy atom. The van der Waals surface area contributed by atoms with Crippen molar-refractivity contribution in [2.45, 2.75) is 24.1 Å². The monoisotopic (exact) mass is 389 g/mol. The quantitative estimate of drug-likeness (QED) is 0.590. The van der Waals surface area contributed by atoms with Gasteiger partial charge in [0.2, 0.25) is 0 Å². The van der Waals surface area contributed by atoms with Gasteiger partial charge >= 0.3 is 6.18 Å². The molecule has 0 aromatic heterocycles. The SMILES string of the molecule is Cc1cc(F)ccc1OC1CN([S+](=O)([O-])c2cccc(C(F)(F)F)c2)C1. The molecule has 0 radical (unpaired) electrons. The van der Waals surface area contributed by atoms with Crippen LogP contribution in [-0.4, -0.2) is 28.1 Å². The maximum Gasteiger partial charge on any atom is 0.416 e. The van der Waals surface area contributed by atoms with Crippen molar-refractivity contribution in [1.82, 2.24) is 4.31 Å². The summed E-state index contributed by atoms with van der Waals surface area (Å²) in [7, 11) is -4.03. The van der Waals surface area contributed by atoms with Gasteiger partial charge in [0.15, 0.2) is 15.3 Å². The Bertz CT molecular complexity index is 865. The minimum Gasteiger partial charge on any atom is -0.593 e. The first-order chi connectivity index (χ1) is 12.1. The average Bonchev–Trinajstić information content (AvgIpc) is 2.51. The Balaban J connectivity index is 1.69. The van der Waals surface area contributed by atoms with Gasteiger partial charge in [-0.1, -0.05) is 10.3 Å². The molecule has 1 saturated heterocycles. The fourth-order valence-corrected chi connectivity index (χ4v) is 4.13. The van der Waals surface area contributed by atoms with Crippen molar-refractivity contribution in [3.8, 4) is 5.75 Å². The highest BCUT2D eigenvalue weighted by atomic mass is 32.3. The zero-order chi connectivity index (χ0) is 19.1. The molecule has 3 rings (SSSR count). The van der Waals surface area contributed by atoms with Gasteiger partial charge in [0.05, 0.1) is 18.7 Å². The Kier molecular flexibility index (Phi) is 4.80. The number of sulfonamides is 1. The molecule has 0 amide bonds. The van der Waals surface area contributed by atoms with Crippen LogP contribution in [0.5, 0.6) is 5.75 Å². The number of hydrogen-bond donors (Lipinski definition) is 0. The number of hydrogen-bond acceptors (Lipinski definition) is 3. The van der Waals surface area contributed by atoms with Crippen LogP contribution in [0.2, 0.25) is 0 Å². The molecule has 0 aliphatic carbocycles. The normalized spacial score (nSPS) is 18.2. The molecule has 1 unspecified atom stereocenters. The van der Waals surface area contributed by atoms with Crippen molar-refractivity contribution in [3.63, 3.8) is 0 Å². The minimum absolute atomic E-state index is 0.00932. The van der Waals surface area contributed by atoms with Gasteiger partial charge in [-0.05, 0) is 42.8 Å². The van der Waals surface area contributed by atoms with Crippen molar-refractivity contribution in [2.24, 2.45) is 0 Å². The predicted molar refractivity (Wildman–Crippen MR) is 85.7 cm³/mol. The molecular weight excluding hydrogens is 374 g/mol. The molecule has 2 aromatic rings. The third-order valence-electron chi connectivity index (χ3n) is 4.04. The first-order valence-electron chi connectivity index (χ1n) is 7.67.